The summed E-state index contributed by atoms with van der Waals surface area (Å²) in [6, 6.07) is -0.833. The van der Waals surface area contributed by atoms with Gasteiger partial charge in [-0.1, -0.05) is 0 Å². The molecule has 0 heterocycles. The Balaban J connectivity index is -0.0000000450. The van der Waals surface area contributed by atoms with Crippen LogP contribution >= 0.6 is 0 Å². The second-order valence-corrected chi connectivity index (χ2v) is 0.402. The number of nitrogens with two attached hydrogens (primary N) is 2. The molecular formula is CH5KN2O. The van der Waals surface area contributed by atoms with Gasteiger partial charge in [-0.05, 0) is 0 Å². The quantitative estimate of drug-likeness (QED) is 0.301. The summed E-state index contributed by atoms with van der Waals surface area (Å²) in [5.41, 5.74) is 8.50. The van der Waals surface area contributed by atoms with Crippen LogP contribution in [0.5, 0.6) is 0 Å². The summed E-state index contributed by atoms with van der Waals surface area (Å²) in [4.78, 5) is 9.00. The molecule has 5 heavy (non-hydrogen) atoms. The van der Waals surface area contributed by atoms with Crippen molar-refractivity contribution in [1.29, 1.82) is 0 Å². The summed E-state index contributed by atoms with van der Waals surface area (Å²) >= 11 is 0. The van der Waals surface area contributed by atoms with E-state index in [9.17, 15) is 0 Å². The van der Waals surface area contributed by atoms with E-state index in [0.717, 1.165) is 0 Å². The zero-order chi connectivity index (χ0) is 3.58. The molecule has 0 atom stereocenters. The molecule has 4 N–H and O–H groups in total. The molecule has 0 saturated carbocycles. The molecule has 0 aliphatic heterocycles. The third-order valence-corrected chi connectivity index (χ3v) is 0. The summed E-state index contributed by atoms with van der Waals surface area (Å²) in [5, 5.41) is 0. The standard InChI is InChI=1S/CH4N2O.K.H/c2-1(3)4;;/h(H4,2,3,4);;/q;+1;-1. The van der Waals surface area contributed by atoms with E-state index >= 15 is 0 Å². The van der Waals surface area contributed by atoms with Crippen LogP contribution in [0.3, 0.4) is 0 Å². The van der Waals surface area contributed by atoms with Crippen LogP contribution in [0.2, 0.25) is 0 Å². The Morgan fingerprint density at radius 2 is 1.60 bits per heavy atom. The normalized spacial score (nSPS) is 4.80. The van der Waals surface area contributed by atoms with Crippen molar-refractivity contribution in [2.24, 2.45) is 11.5 Å². The van der Waals surface area contributed by atoms with Crippen LogP contribution < -0.4 is 62.9 Å². The Morgan fingerprint density at radius 3 is 1.60 bits per heavy atom. The van der Waals surface area contributed by atoms with Crippen LogP contribution in [0.4, 0.5) is 4.79 Å². The molecule has 0 aliphatic carbocycles. The van der Waals surface area contributed by atoms with Crippen LogP contribution in [0.1, 0.15) is 1.43 Å². The third kappa shape index (κ3) is 50.4. The molecular weight excluding hydrogens is 95.1 g/mol. The third-order valence-electron chi connectivity index (χ3n) is 0. The second kappa shape index (κ2) is 4.91. The number of hydrogen-bond donors (Lipinski definition) is 2. The number of carbonyl (C=O) groups is 1. The van der Waals surface area contributed by atoms with Crippen molar-refractivity contribution in [2.45, 2.75) is 0 Å². The average molecular weight is 100 g/mol. The van der Waals surface area contributed by atoms with E-state index in [0.29, 0.717) is 0 Å². The molecule has 26 valence electrons. The minimum Gasteiger partial charge on any atom is -1.00 e. The Labute approximate surface area is 74.0 Å². The Morgan fingerprint density at radius 1 is 1.60 bits per heavy atom. The van der Waals surface area contributed by atoms with Gasteiger partial charge in [0.1, 0.15) is 0 Å². The van der Waals surface area contributed by atoms with Gasteiger partial charge in [0, 0.05) is 0 Å². The molecule has 0 aliphatic rings. The Hall–Kier alpha value is 0.906. The molecule has 0 aromatic carbocycles. The molecule has 0 rings (SSSR count). The first kappa shape index (κ1) is 9.32. The minimum atomic E-state index is -0.833. The molecule has 0 unspecified atom stereocenters. The molecule has 0 spiro atoms. The van der Waals surface area contributed by atoms with Gasteiger partial charge < -0.3 is 12.9 Å². The van der Waals surface area contributed by atoms with Crippen molar-refractivity contribution in [1.82, 2.24) is 0 Å². The van der Waals surface area contributed by atoms with Crippen molar-refractivity contribution >= 4 is 6.03 Å². The zero-order valence-corrected chi connectivity index (χ0v) is 6.19. The number of primary amides is 2. The summed E-state index contributed by atoms with van der Waals surface area (Å²) in [5.74, 6) is 0. The van der Waals surface area contributed by atoms with E-state index in [1.54, 1.807) is 0 Å². The van der Waals surface area contributed by atoms with Gasteiger partial charge in [0.05, 0.1) is 0 Å². The summed E-state index contributed by atoms with van der Waals surface area (Å²) in [7, 11) is 0. The van der Waals surface area contributed by atoms with E-state index in [4.69, 9.17) is 4.79 Å². The Kier molecular flexibility index (Phi) is 9.14. The fourth-order valence-corrected chi connectivity index (χ4v) is 0. The number of hydrogen-bond acceptors (Lipinski definition) is 1. The fourth-order valence-electron chi connectivity index (χ4n) is 0. The molecule has 0 fully saturated rings. The van der Waals surface area contributed by atoms with Crippen molar-refractivity contribution < 1.29 is 57.6 Å². The van der Waals surface area contributed by atoms with Crippen LogP contribution in [0, 0.1) is 0 Å². The van der Waals surface area contributed by atoms with Crippen molar-refractivity contribution in [3.8, 4) is 0 Å². The maximum atomic E-state index is 9.00. The topological polar surface area (TPSA) is 69.1 Å². The van der Waals surface area contributed by atoms with Crippen molar-refractivity contribution in [3.05, 3.63) is 0 Å². The summed E-state index contributed by atoms with van der Waals surface area (Å²) in [6.07, 6.45) is 0. The summed E-state index contributed by atoms with van der Waals surface area (Å²) in [6.45, 7) is 0. The first-order valence-corrected chi connectivity index (χ1v) is 0.781. The summed E-state index contributed by atoms with van der Waals surface area (Å²) < 4.78 is 0. The first-order chi connectivity index (χ1) is 1.73. The molecule has 4 heteroatoms. The number of amides is 2. The SMILES string of the molecule is NC(N)=O.[H-].[K+]. The molecule has 0 aromatic rings. The molecule has 0 saturated heterocycles. The van der Waals surface area contributed by atoms with Gasteiger partial charge in [0.25, 0.3) is 0 Å². The van der Waals surface area contributed by atoms with Crippen molar-refractivity contribution in [2.75, 3.05) is 0 Å². The second-order valence-electron chi connectivity index (χ2n) is 0.402. The van der Waals surface area contributed by atoms with E-state index in [2.05, 4.69) is 11.5 Å². The van der Waals surface area contributed by atoms with Crippen LogP contribution in [-0.4, -0.2) is 6.03 Å². The predicted octanol–water partition coefficient (Wildman–Crippen LogP) is -3.86. The van der Waals surface area contributed by atoms with Gasteiger partial charge in [-0.2, -0.15) is 0 Å². The van der Waals surface area contributed by atoms with E-state index in [1.165, 1.54) is 0 Å². The smallest absolute Gasteiger partial charge is 1.00 e. The fraction of sp³-hybridized carbons (Fsp3) is 0. The largest absolute Gasteiger partial charge is 1.00 e. The molecule has 0 bridgehead atoms. The molecule has 3 nitrogen and oxygen atoms in total. The minimum absolute atomic E-state index is 0. The monoisotopic (exact) mass is 100 g/mol. The maximum Gasteiger partial charge on any atom is 1.00 e. The number of rotatable bonds is 0. The van der Waals surface area contributed by atoms with Crippen LogP contribution in [-0.2, 0) is 0 Å². The van der Waals surface area contributed by atoms with Gasteiger partial charge in [0.15, 0.2) is 0 Å². The van der Waals surface area contributed by atoms with Crippen LogP contribution in [0.25, 0.3) is 0 Å². The number of urea groups is 1. The van der Waals surface area contributed by atoms with E-state index in [-0.39, 0.29) is 52.8 Å². The predicted molar refractivity (Wildman–Crippen MR) is 14.9 cm³/mol. The van der Waals surface area contributed by atoms with E-state index in [1.807, 2.05) is 0 Å². The van der Waals surface area contributed by atoms with Gasteiger partial charge >= 0.3 is 57.4 Å². The molecule has 2 amide bonds. The maximum absolute atomic E-state index is 9.00. The average Bonchev–Trinajstić information content (AvgIpc) is 0.811. The van der Waals surface area contributed by atoms with E-state index < -0.39 is 6.03 Å². The molecule has 0 radical (unpaired) electrons. The zero-order valence-electron chi connectivity index (χ0n) is 4.06. The van der Waals surface area contributed by atoms with Crippen molar-refractivity contribution in [3.63, 3.8) is 0 Å². The van der Waals surface area contributed by atoms with Gasteiger partial charge in [-0.25, -0.2) is 4.79 Å². The molecule has 0 aromatic heterocycles. The first-order valence-electron chi connectivity index (χ1n) is 0.781. The van der Waals surface area contributed by atoms with Gasteiger partial charge in [0.2, 0.25) is 0 Å². The van der Waals surface area contributed by atoms with Gasteiger partial charge in [-0.15, -0.1) is 0 Å². The van der Waals surface area contributed by atoms with Crippen LogP contribution in [0.15, 0.2) is 0 Å². The van der Waals surface area contributed by atoms with Gasteiger partial charge in [-0.3, -0.25) is 0 Å². The number of carbonyl (C=O) groups excluding carboxylic acids is 1. The Bertz CT molecular complexity index is 36.5.